The Kier molecular flexibility index (Phi) is 7.16. The summed E-state index contributed by atoms with van der Waals surface area (Å²) in [6.07, 6.45) is 4.74. The number of thioether (sulfide) groups is 1. The van der Waals surface area contributed by atoms with Crippen LogP contribution in [0, 0.1) is 0 Å². The van der Waals surface area contributed by atoms with Gasteiger partial charge >= 0.3 is 0 Å². The highest BCUT2D eigenvalue weighted by atomic mass is 35.5. The van der Waals surface area contributed by atoms with Crippen molar-refractivity contribution in [2.24, 2.45) is 0 Å². The molecule has 0 saturated carbocycles. The van der Waals surface area contributed by atoms with Crippen LogP contribution in [0.4, 0.5) is 4.79 Å². The third-order valence-electron chi connectivity index (χ3n) is 6.18. The van der Waals surface area contributed by atoms with Gasteiger partial charge in [-0.15, -0.1) is 0 Å². The van der Waals surface area contributed by atoms with Gasteiger partial charge in [-0.25, -0.2) is 0 Å². The average Bonchev–Trinajstić information content (AvgIpc) is 3.37. The summed E-state index contributed by atoms with van der Waals surface area (Å²) >= 11 is 7.42. The van der Waals surface area contributed by atoms with E-state index < -0.39 is 0 Å². The molecule has 0 N–H and O–H groups in total. The van der Waals surface area contributed by atoms with Gasteiger partial charge in [-0.3, -0.25) is 14.5 Å². The molecule has 1 aliphatic rings. The van der Waals surface area contributed by atoms with Crippen LogP contribution in [-0.2, 0) is 17.8 Å². The molecule has 1 saturated heterocycles. The van der Waals surface area contributed by atoms with Gasteiger partial charge in [0, 0.05) is 28.7 Å². The molecule has 5 nitrogen and oxygen atoms in total. The number of halogens is 1. The molecule has 1 aliphatic heterocycles. The topological polar surface area (TPSA) is 51.5 Å². The highest BCUT2D eigenvalue weighted by Gasteiger charge is 2.35. The third-order valence-corrected chi connectivity index (χ3v) is 7.46. The summed E-state index contributed by atoms with van der Waals surface area (Å²) in [6, 6.07) is 23.4. The number of fused-ring (bicyclic) bond motifs is 1. The lowest BCUT2D eigenvalue weighted by Crippen LogP contribution is -2.32. The van der Waals surface area contributed by atoms with Crippen LogP contribution in [0.3, 0.4) is 0 Å². The van der Waals surface area contributed by atoms with Crippen LogP contribution in [0.15, 0.2) is 83.9 Å². The number of imide groups is 1. The first-order chi connectivity index (χ1) is 17.5. The largest absolute Gasteiger partial charge is 0.492 e. The van der Waals surface area contributed by atoms with E-state index in [1.165, 1.54) is 10.5 Å². The Balaban J connectivity index is 1.42. The minimum absolute atomic E-state index is 0.200. The number of nitrogens with zero attached hydrogens (tertiary/aromatic N) is 2. The number of benzene rings is 3. The number of aryl methyl sites for hydroxylation is 1. The molecule has 2 heterocycles. The molecular weight excluding hydrogens is 492 g/mol. The lowest BCUT2D eigenvalue weighted by atomic mass is 10.1. The van der Waals surface area contributed by atoms with Crippen LogP contribution < -0.4 is 4.74 Å². The van der Waals surface area contributed by atoms with E-state index in [9.17, 15) is 9.59 Å². The highest BCUT2D eigenvalue weighted by Crippen LogP contribution is 2.35. The van der Waals surface area contributed by atoms with Crippen molar-refractivity contribution >= 4 is 51.5 Å². The van der Waals surface area contributed by atoms with Gasteiger partial charge < -0.3 is 9.30 Å². The number of ether oxygens (including phenoxy) is 1. The number of amides is 2. The van der Waals surface area contributed by atoms with Crippen LogP contribution in [0.25, 0.3) is 17.0 Å². The summed E-state index contributed by atoms with van der Waals surface area (Å²) in [5.41, 5.74) is 4.25. The molecule has 0 spiro atoms. The second-order valence-electron chi connectivity index (χ2n) is 8.47. The van der Waals surface area contributed by atoms with Crippen molar-refractivity contribution in [1.82, 2.24) is 9.47 Å². The van der Waals surface area contributed by atoms with Gasteiger partial charge in [-0.05, 0) is 53.6 Å². The van der Waals surface area contributed by atoms with E-state index in [1.807, 2.05) is 72.9 Å². The Morgan fingerprint density at radius 1 is 0.944 bits per heavy atom. The van der Waals surface area contributed by atoms with Crippen molar-refractivity contribution in [3.63, 3.8) is 0 Å². The van der Waals surface area contributed by atoms with Crippen molar-refractivity contribution in [3.8, 4) is 5.75 Å². The Hall–Kier alpha value is -3.48. The molecule has 0 aliphatic carbocycles. The van der Waals surface area contributed by atoms with Gasteiger partial charge in [-0.1, -0.05) is 73.1 Å². The smallest absolute Gasteiger partial charge is 0.293 e. The first-order valence-corrected chi connectivity index (χ1v) is 13.0. The molecule has 4 aromatic rings. The van der Waals surface area contributed by atoms with Crippen LogP contribution in [0.5, 0.6) is 5.75 Å². The van der Waals surface area contributed by atoms with E-state index in [-0.39, 0.29) is 24.3 Å². The van der Waals surface area contributed by atoms with Gasteiger partial charge in [0.15, 0.2) is 0 Å². The van der Waals surface area contributed by atoms with E-state index in [4.69, 9.17) is 16.3 Å². The maximum Gasteiger partial charge on any atom is 0.293 e. The molecule has 7 heteroatoms. The average molecular weight is 517 g/mol. The van der Waals surface area contributed by atoms with Crippen molar-refractivity contribution in [2.45, 2.75) is 19.9 Å². The quantitative estimate of drug-likeness (QED) is 0.236. The molecule has 0 atom stereocenters. The summed E-state index contributed by atoms with van der Waals surface area (Å²) in [5.74, 6) is 0.415. The summed E-state index contributed by atoms with van der Waals surface area (Å²) in [5, 5.41) is 1.48. The van der Waals surface area contributed by atoms with Crippen molar-refractivity contribution < 1.29 is 14.3 Å². The summed E-state index contributed by atoms with van der Waals surface area (Å²) in [4.78, 5) is 27.4. The zero-order valence-corrected chi connectivity index (χ0v) is 21.4. The highest BCUT2D eigenvalue weighted by molar-refractivity contribution is 8.18. The Bertz CT molecular complexity index is 1460. The van der Waals surface area contributed by atoms with E-state index >= 15 is 0 Å². The molecule has 2 amide bonds. The molecule has 182 valence electrons. The molecule has 5 rings (SSSR count). The van der Waals surface area contributed by atoms with Gasteiger partial charge in [-0.2, -0.15) is 0 Å². The maximum atomic E-state index is 13.1. The summed E-state index contributed by atoms with van der Waals surface area (Å²) in [7, 11) is 0. The zero-order chi connectivity index (χ0) is 25.1. The van der Waals surface area contributed by atoms with E-state index in [0.29, 0.717) is 22.2 Å². The predicted octanol–water partition coefficient (Wildman–Crippen LogP) is 7.02. The minimum Gasteiger partial charge on any atom is -0.492 e. The second-order valence-corrected chi connectivity index (χ2v) is 9.87. The normalized spacial score (nSPS) is 14.8. The van der Waals surface area contributed by atoms with Crippen LogP contribution in [-0.4, -0.2) is 33.8 Å². The van der Waals surface area contributed by atoms with Crippen LogP contribution >= 0.6 is 23.4 Å². The molecule has 36 heavy (non-hydrogen) atoms. The fourth-order valence-electron chi connectivity index (χ4n) is 4.41. The standard InChI is InChI=1S/C29H25ClN2O3S/c1-2-20-10-8-13-24-22(19-31(27(20)24)18-21-9-6-7-14-25(21)30)17-26-28(33)32(29(34)36-26)15-16-35-23-11-4-3-5-12-23/h3-14,17,19H,2,15-16,18H2,1H3/b26-17-. The minimum atomic E-state index is -0.291. The Morgan fingerprint density at radius 2 is 1.69 bits per heavy atom. The molecule has 1 fully saturated rings. The molecule has 0 unspecified atom stereocenters. The predicted molar refractivity (Wildman–Crippen MR) is 146 cm³/mol. The summed E-state index contributed by atoms with van der Waals surface area (Å²) in [6.45, 7) is 3.18. The lowest BCUT2D eigenvalue weighted by Gasteiger charge is -2.13. The molecular formula is C29H25ClN2O3S. The zero-order valence-electron chi connectivity index (χ0n) is 19.8. The van der Waals surface area contributed by atoms with Gasteiger partial charge in [0.25, 0.3) is 11.1 Å². The number of carbonyl (C=O) groups is 2. The summed E-state index contributed by atoms with van der Waals surface area (Å²) < 4.78 is 7.86. The Labute approximate surface area is 219 Å². The van der Waals surface area contributed by atoms with Crippen LogP contribution in [0.1, 0.15) is 23.6 Å². The first-order valence-electron chi connectivity index (χ1n) is 11.8. The monoisotopic (exact) mass is 516 g/mol. The number of para-hydroxylation sites is 2. The maximum absolute atomic E-state index is 13.1. The molecule has 0 bridgehead atoms. The van der Waals surface area contributed by atoms with E-state index in [0.717, 1.165) is 40.2 Å². The van der Waals surface area contributed by atoms with Gasteiger partial charge in [0.05, 0.1) is 17.0 Å². The number of carbonyl (C=O) groups excluding carboxylic acids is 2. The number of aromatic nitrogens is 1. The number of rotatable bonds is 8. The molecule has 3 aromatic carbocycles. The Morgan fingerprint density at radius 3 is 2.47 bits per heavy atom. The van der Waals surface area contributed by atoms with Gasteiger partial charge in [0.2, 0.25) is 0 Å². The second kappa shape index (κ2) is 10.6. The van der Waals surface area contributed by atoms with E-state index in [2.05, 4.69) is 23.6 Å². The van der Waals surface area contributed by atoms with E-state index in [1.54, 1.807) is 0 Å². The molecule has 1 aromatic heterocycles. The van der Waals surface area contributed by atoms with Crippen molar-refractivity contribution in [3.05, 3.63) is 106 Å². The fourth-order valence-corrected chi connectivity index (χ4v) is 5.46. The van der Waals surface area contributed by atoms with Crippen molar-refractivity contribution in [2.75, 3.05) is 13.2 Å². The third kappa shape index (κ3) is 4.92. The molecule has 0 radical (unpaired) electrons. The lowest BCUT2D eigenvalue weighted by molar-refractivity contribution is -0.123. The van der Waals surface area contributed by atoms with Crippen LogP contribution in [0.2, 0.25) is 5.02 Å². The van der Waals surface area contributed by atoms with Crippen molar-refractivity contribution in [1.29, 1.82) is 0 Å². The number of hydrogen-bond acceptors (Lipinski definition) is 4. The fraction of sp³-hybridized carbons (Fsp3) is 0.172. The SMILES string of the molecule is CCc1cccc2c(/C=C3\SC(=O)N(CCOc4ccccc4)C3=O)cn(Cc3ccccc3Cl)c12. The van der Waals surface area contributed by atoms with Gasteiger partial charge in [0.1, 0.15) is 12.4 Å². The number of hydrogen-bond donors (Lipinski definition) is 0. The first kappa shape index (κ1) is 24.2.